The van der Waals surface area contributed by atoms with E-state index in [1.807, 2.05) is 24.3 Å². The summed E-state index contributed by atoms with van der Waals surface area (Å²) >= 11 is 0. The first-order valence-corrected chi connectivity index (χ1v) is 8.42. The highest BCUT2D eigenvalue weighted by Gasteiger charge is 2.22. The lowest BCUT2D eigenvalue weighted by Gasteiger charge is -2.35. The van der Waals surface area contributed by atoms with E-state index >= 15 is 0 Å². The predicted molar refractivity (Wildman–Crippen MR) is 95.6 cm³/mol. The normalized spacial score (nSPS) is 18.3. The van der Waals surface area contributed by atoms with Crippen molar-refractivity contribution in [2.24, 2.45) is 0 Å². The zero-order chi connectivity index (χ0) is 15.6. The van der Waals surface area contributed by atoms with Gasteiger partial charge in [0.05, 0.1) is 5.52 Å². The lowest BCUT2D eigenvalue weighted by Crippen LogP contribution is -2.38. The van der Waals surface area contributed by atoms with Crippen LogP contribution < -0.4 is 4.90 Å². The number of para-hydroxylation sites is 1. The molecule has 2 aromatic carbocycles. The minimum atomic E-state index is 0.533. The standard InChI is InChI=1S/C20H21N3/c1-15-9-7-8-14-23(15)20-17-12-5-6-13-18(17)21-19(22-20)16-10-3-2-4-11-16/h2-6,10-13,15H,7-9,14H2,1H3. The molecule has 0 saturated carbocycles. The van der Waals surface area contributed by atoms with Crippen molar-refractivity contribution in [1.29, 1.82) is 0 Å². The number of benzene rings is 2. The van der Waals surface area contributed by atoms with Crippen LogP contribution in [0.5, 0.6) is 0 Å². The summed E-state index contributed by atoms with van der Waals surface area (Å²) in [6.07, 6.45) is 3.79. The van der Waals surface area contributed by atoms with Crippen molar-refractivity contribution in [2.75, 3.05) is 11.4 Å². The van der Waals surface area contributed by atoms with Gasteiger partial charge in [-0.1, -0.05) is 42.5 Å². The Kier molecular flexibility index (Phi) is 3.70. The summed E-state index contributed by atoms with van der Waals surface area (Å²) in [5, 5.41) is 1.15. The molecule has 1 atom stereocenters. The van der Waals surface area contributed by atoms with Gasteiger partial charge in [-0.15, -0.1) is 0 Å². The SMILES string of the molecule is CC1CCCCN1c1nc(-c2ccccc2)nc2ccccc12. The van der Waals surface area contributed by atoms with Crippen molar-refractivity contribution in [3.05, 3.63) is 54.6 Å². The molecule has 0 bridgehead atoms. The van der Waals surface area contributed by atoms with E-state index in [9.17, 15) is 0 Å². The van der Waals surface area contributed by atoms with Gasteiger partial charge in [-0.3, -0.25) is 0 Å². The van der Waals surface area contributed by atoms with E-state index in [4.69, 9.17) is 9.97 Å². The van der Waals surface area contributed by atoms with E-state index in [0.29, 0.717) is 6.04 Å². The highest BCUT2D eigenvalue weighted by molar-refractivity contribution is 5.91. The summed E-state index contributed by atoms with van der Waals surface area (Å²) < 4.78 is 0. The summed E-state index contributed by atoms with van der Waals surface area (Å²) in [6.45, 7) is 3.38. The molecule has 4 rings (SSSR count). The smallest absolute Gasteiger partial charge is 0.162 e. The number of hydrogen-bond acceptors (Lipinski definition) is 3. The second-order valence-electron chi connectivity index (χ2n) is 6.29. The Morgan fingerprint density at radius 2 is 1.70 bits per heavy atom. The average molecular weight is 303 g/mol. The van der Waals surface area contributed by atoms with Crippen molar-refractivity contribution in [3.63, 3.8) is 0 Å². The molecule has 0 N–H and O–H groups in total. The Bertz CT molecular complexity index is 813. The number of anilines is 1. The summed E-state index contributed by atoms with van der Waals surface area (Å²) in [6, 6.07) is 19.1. The van der Waals surface area contributed by atoms with Crippen LogP contribution >= 0.6 is 0 Å². The van der Waals surface area contributed by atoms with Crippen LogP contribution in [0, 0.1) is 0 Å². The van der Waals surface area contributed by atoms with Crippen LogP contribution in [0.4, 0.5) is 5.82 Å². The number of aromatic nitrogens is 2. The lowest BCUT2D eigenvalue weighted by atomic mass is 10.0. The summed E-state index contributed by atoms with van der Waals surface area (Å²) in [4.78, 5) is 12.2. The molecule has 1 fully saturated rings. The molecule has 1 aromatic heterocycles. The van der Waals surface area contributed by atoms with Crippen molar-refractivity contribution in [1.82, 2.24) is 9.97 Å². The van der Waals surface area contributed by atoms with Gasteiger partial charge in [-0.2, -0.15) is 0 Å². The second kappa shape index (κ2) is 5.99. The van der Waals surface area contributed by atoms with Crippen molar-refractivity contribution in [2.45, 2.75) is 32.2 Å². The summed E-state index contributed by atoms with van der Waals surface area (Å²) in [7, 11) is 0. The van der Waals surface area contributed by atoms with E-state index < -0.39 is 0 Å². The molecule has 0 radical (unpaired) electrons. The van der Waals surface area contributed by atoms with Gasteiger partial charge >= 0.3 is 0 Å². The maximum Gasteiger partial charge on any atom is 0.162 e. The van der Waals surface area contributed by atoms with Gasteiger partial charge < -0.3 is 4.90 Å². The molecule has 0 spiro atoms. The number of rotatable bonds is 2. The van der Waals surface area contributed by atoms with Crippen molar-refractivity contribution in [3.8, 4) is 11.4 Å². The summed E-state index contributed by atoms with van der Waals surface area (Å²) in [5.74, 6) is 1.90. The molecule has 0 amide bonds. The van der Waals surface area contributed by atoms with Crippen molar-refractivity contribution >= 4 is 16.7 Å². The topological polar surface area (TPSA) is 29.0 Å². The van der Waals surface area contributed by atoms with Gasteiger partial charge in [0.25, 0.3) is 0 Å². The minimum absolute atomic E-state index is 0.533. The largest absolute Gasteiger partial charge is 0.353 e. The molecular formula is C20H21N3. The predicted octanol–water partition coefficient (Wildman–Crippen LogP) is 4.68. The zero-order valence-electron chi connectivity index (χ0n) is 13.4. The molecule has 0 aliphatic carbocycles. The third-order valence-corrected chi connectivity index (χ3v) is 4.69. The molecular weight excluding hydrogens is 282 g/mol. The first-order chi connectivity index (χ1) is 11.3. The van der Waals surface area contributed by atoms with E-state index in [2.05, 4.69) is 42.2 Å². The minimum Gasteiger partial charge on any atom is -0.353 e. The Labute approximate surface area is 137 Å². The Balaban J connectivity index is 1.91. The first kappa shape index (κ1) is 14.2. The van der Waals surface area contributed by atoms with Gasteiger partial charge in [-0.25, -0.2) is 9.97 Å². The van der Waals surface area contributed by atoms with Gasteiger partial charge in [-0.05, 0) is 38.3 Å². The van der Waals surface area contributed by atoms with Crippen LogP contribution in [0.25, 0.3) is 22.3 Å². The fourth-order valence-corrected chi connectivity index (χ4v) is 3.41. The Morgan fingerprint density at radius 3 is 2.52 bits per heavy atom. The molecule has 23 heavy (non-hydrogen) atoms. The van der Waals surface area contributed by atoms with Gasteiger partial charge in [0, 0.05) is 23.5 Å². The third kappa shape index (κ3) is 2.67. The fraction of sp³-hybridized carbons (Fsp3) is 0.300. The summed E-state index contributed by atoms with van der Waals surface area (Å²) in [5.41, 5.74) is 2.10. The molecule has 1 unspecified atom stereocenters. The fourth-order valence-electron chi connectivity index (χ4n) is 3.41. The van der Waals surface area contributed by atoms with Crippen LogP contribution in [-0.2, 0) is 0 Å². The molecule has 116 valence electrons. The third-order valence-electron chi connectivity index (χ3n) is 4.69. The van der Waals surface area contributed by atoms with Gasteiger partial charge in [0.2, 0.25) is 0 Å². The Hall–Kier alpha value is -2.42. The molecule has 3 aromatic rings. The Morgan fingerprint density at radius 1 is 0.913 bits per heavy atom. The monoisotopic (exact) mass is 303 g/mol. The number of piperidine rings is 1. The van der Waals surface area contributed by atoms with E-state index in [-0.39, 0.29) is 0 Å². The average Bonchev–Trinajstić information content (AvgIpc) is 2.62. The number of nitrogens with zero attached hydrogens (tertiary/aromatic N) is 3. The van der Waals surface area contributed by atoms with Crippen LogP contribution in [0.1, 0.15) is 26.2 Å². The first-order valence-electron chi connectivity index (χ1n) is 8.42. The lowest BCUT2D eigenvalue weighted by molar-refractivity contribution is 0.482. The van der Waals surface area contributed by atoms with Gasteiger partial charge in [0.15, 0.2) is 5.82 Å². The van der Waals surface area contributed by atoms with E-state index in [0.717, 1.165) is 34.7 Å². The molecule has 3 nitrogen and oxygen atoms in total. The molecule has 1 aliphatic rings. The molecule has 2 heterocycles. The second-order valence-corrected chi connectivity index (χ2v) is 6.29. The van der Waals surface area contributed by atoms with E-state index in [1.54, 1.807) is 0 Å². The van der Waals surface area contributed by atoms with Crippen LogP contribution in [0.3, 0.4) is 0 Å². The number of fused-ring (bicyclic) bond motifs is 1. The maximum absolute atomic E-state index is 4.96. The van der Waals surface area contributed by atoms with Crippen molar-refractivity contribution < 1.29 is 0 Å². The zero-order valence-corrected chi connectivity index (χ0v) is 13.4. The quantitative estimate of drug-likeness (QED) is 0.688. The molecule has 1 saturated heterocycles. The van der Waals surface area contributed by atoms with Crippen LogP contribution in [0.15, 0.2) is 54.6 Å². The number of hydrogen-bond donors (Lipinski definition) is 0. The maximum atomic E-state index is 4.96. The van der Waals surface area contributed by atoms with E-state index in [1.165, 1.54) is 19.3 Å². The molecule has 3 heteroatoms. The van der Waals surface area contributed by atoms with Gasteiger partial charge in [0.1, 0.15) is 5.82 Å². The molecule has 1 aliphatic heterocycles. The highest BCUT2D eigenvalue weighted by Crippen LogP contribution is 2.31. The highest BCUT2D eigenvalue weighted by atomic mass is 15.2. The van der Waals surface area contributed by atoms with Crippen LogP contribution in [-0.4, -0.2) is 22.6 Å². The van der Waals surface area contributed by atoms with Crippen LogP contribution in [0.2, 0.25) is 0 Å².